The zero-order valence-electron chi connectivity index (χ0n) is 27.0. The van der Waals surface area contributed by atoms with Crippen LogP contribution in [-0.4, -0.2) is 45.9 Å². The van der Waals surface area contributed by atoms with Crippen LogP contribution in [0.1, 0.15) is 85.2 Å². The fourth-order valence-electron chi connectivity index (χ4n) is 7.61. The number of rotatable bonds is 7. The van der Waals surface area contributed by atoms with Gasteiger partial charge in [0.1, 0.15) is 17.8 Å². The normalized spacial score (nSPS) is 17.3. The molecule has 2 aromatic heterocycles. The third-order valence-corrected chi connectivity index (χ3v) is 10.0. The number of nitrogens with one attached hydrogen (secondary N) is 3. The average molecular weight is 646 g/mol. The summed E-state index contributed by atoms with van der Waals surface area (Å²) in [5, 5.41) is 10.2. The molecule has 3 heterocycles. The van der Waals surface area contributed by atoms with E-state index in [1.165, 1.54) is 25.2 Å². The van der Waals surface area contributed by atoms with Crippen LogP contribution in [0, 0.1) is 0 Å². The van der Waals surface area contributed by atoms with E-state index in [0.29, 0.717) is 35.7 Å². The highest BCUT2D eigenvalue weighted by molar-refractivity contribution is 6.07. The molecule has 0 spiro atoms. The van der Waals surface area contributed by atoms with Gasteiger partial charge in [-0.1, -0.05) is 50.3 Å². The van der Waals surface area contributed by atoms with Crippen LogP contribution in [0.5, 0.6) is 0 Å². The number of carbonyl (C=O) groups excluding carboxylic acids is 4. The Morgan fingerprint density at radius 3 is 2.52 bits per heavy atom. The SMILES string of the molecule is COC(=O)C=Cc1ccc(NC(=O)C2(NC(=O)c3ccc4c(C5CCCCC5)c5n(c4c3)CC(=O)Nc3cccnc3-5)CCCC2)cc1. The highest BCUT2D eigenvalue weighted by atomic mass is 16.5. The highest BCUT2D eigenvalue weighted by Gasteiger charge is 2.43. The van der Waals surface area contributed by atoms with Crippen LogP contribution in [0.2, 0.25) is 0 Å². The van der Waals surface area contributed by atoms with E-state index >= 15 is 0 Å². The Kier molecular flexibility index (Phi) is 8.56. The minimum absolute atomic E-state index is 0.115. The van der Waals surface area contributed by atoms with Crippen LogP contribution < -0.4 is 16.0 Å². The van der Waals surface area contributed by atoms with Crippen molar-refractivity contribution >= 4 is 52.0 Å². The van der Waals surface area contributed by atoms with E-state index in [4.69, 9.17) is 4.98 Å². The van der Waals surface area contributed by atoms with Crippen molar-refractivity contribution in [2.45, 2.75) is 75.8 Å². The minimum atomic E-state index is -1.05. The summed E-state index contributed by atoms with van der Waals surface area (Å²) < 4.78 is 6.66. The summed E-state index contributed by atoms with van der Waals surface area (Å²) in [6, 6.07) is 16.5. The van der Waals surface area contributed by atoms with Crippen molar-refractivity contribution in [1.82, 2.24) is 14.9 Å². The Balaban J connectivity index is 1.19. The number of carbonyl (C=O) groups is 4. The van der Waals surface area contributed by atoms with Crippen molar-refractivity contribution in [2.75, 3.05) is 17.7 Å². The minimum Gasteiger partial charge on any atom is -0.466 e. The van der Waals surface area contributed by atoms with E-state index in [0.717, 1.165) is 66.4 Å². The van der Waals surface area contributed by atoms with Gasteiger partial charge in [-0.3, -0.25) is 19.4 Å². The second kappa shape index (κ2) is 13.1. The molecule has 2 aromatic carbocycles. The van der Waals surface area contributed by atoms with Gasteiger partial charge in [0.15, 0.2) is 0 Å². The molecule has 3 N–H and O–H groups in total. The largest absolute Gasteiger partial charge is 0.466 e. The summed E-state index contributed by atoms with van der Waals surface area (Å²) in [4.78, 5) is 57.0. The topological polar surface area (TPSA) is 131 Å². The molecule has 246 valence electrons. The van der Waals surface area contributed by atoms with Gasteiger partial charge in [-0.25, -0.2) is 4.79 Å². The van der Waals surface area contributed by atoms with E-state index in [1.54, 1.807) is 36.5 Å². The zero-order valence-corrected chi connectivity index (χ0v) is 27.0. The number of ether oxygens (including phenoxy) is 1. The molecule has 7 rings (SSSR count). The van der Waals surface area contributed by atoms with Crippen LogP contribution in [0.15, 0.2) is 66.9 Å². The van der Waals surface area contributed by atoms with Gasteiger partial charge >= 0.3 is 5.97 Å². The number of fused-ring (bicyclic) bond motifs is 5. The van der Waals surface area contributed by atoms with Crippen molar-refractivity contribution in [3.05, 3.63) is 83.6 Å². The molecule has 0 atom stereocenters. The Labute approximate surface area is 279 Å². The van der Waals surface area contributed by atoms with Crippen LogP contribution >= 0.6 is 0 Å². The van der Waals surface area contributed by atoms with Crippen LogP contribution in [0.25, 0.3) is 28.4 Å². The first-order valence-corrected chi connectivity index (χ1v) is 16.8. The van der Waals surface area contributed by atoms with Gasteiger partial charge in [-0.2, -0.15) is 0 Å². The van der Waals surface area contributed by atoms with Gasteiger partial charge in [-0.15, -0.1) is 0 Å². The first-order chi connectivity index (χ1) is 23.3. The smallest absolute Gasteiger partial charge is 0.330 e. The zero-order chi connectivity index (χ0) is 33.3. The molecule has 2 aliphatic carbocycles. The van der Waals surface area contributed by atoms with Gasteiger partial charge in [0, 0.05) is 28.9 Å². The van der Waals surface area contributed by atoms with E-state index in [1.807, 2.05) is 34.9 Å². The molecular formula is C38H39N5O5. The molecule has 0 radical (unpaired) electrons. The van der Waals surface area contributed by atoms with Crippen molar-refractivity contribution < 1.29 is 23.9 Å². The summed E-state index contributed by atoms with van der Waals surface area (Å²) >= 11 is 0. The number of anilines is 2. The van der Waals surface area contributed by atoms with Gasteiger partial charge in [0.2, 0.25) is 11.8 Å². The number of nitrogens with zero attached hydrogens (tertiary/aromatic N) is 2. The second-order valence-electron chi connectivity index (χ2n) is 13.0. The third-order valence-electron chi connectivity index (χ3n) is 10.0. The molecule has 2 fully saturated rings. The number of pyridine rings is 1. The molecule has 3 amide bonds. The maximum absolute atomic E-state index is 14.0. The molecule has 10 heteroatoms. The van der Waals surface area contributed by atoms with E-state index in [9.17, 15) is 19.2 Å². The number of hydrogen-bond acceptors (Lipinski definition) is 6. The summed E-state index contributed by atoms with van der Waals surface area (Å²) in [7, 11) is 1.32. The summed E-state index contributed by atoms with van der Waals surface area (Å²) in [5.74, 6) is -0.843. The number of hydrogen-bond donors (Lipinski definition) is 3. The van der Waals surface area contributed by atoms with E-state index in [2.05, 4.69) is 20.7 Å². The molecule has 3 aliphatic rings. The fourth-order valence-corrected chi connectivity index (χ4v) is 7.61. The Morgan fingerprint density at radius 2 is 1.77 bits per heavy atom. The molecular weight excluding hydrogens is 606 g/mol. The fraction of sp³-hybridized carbons (Fsp3) is 0.342. The number of esters is 1. The quantitative estimate of drug-likeness (QED) is 0.154. The molecule has 2 saturated carbocycles. The molecule has 0 saturated heterocycles. The highest BCUT2D eigenvalue weighted by Crippen LogP contribution is 2.46. The molecule has 4 aromatic rings. The first kappa shape index (κ1) is 31.4. The van der Waals surface area contributed by atoms with Crippen molar-refractivity contribution in [2.24, 2.45) is 0 Å². The first-order valence-electron chi connectivity index (χ1n) is 16.8. The van der Waals surface area contributed by atoms with Crippen molar-refractivity contribution in [1.29, 1.82) is 0 Å². The lowest BCUT2D eigenvalue weighted by Gasteiger charge is -2.29. The van der Waals surface area contributed by atoms with Crippen molar-refractivity contribution in [3.63, 3.8) is 0 Å². The third kappa shape index (κ3) is 5.98. The summed E-state index contributed by atoms with van der Waals surface area (Å²) in [5.41, 5.74) is 5.17. The van der Waals surface area contributed by atoms with E-state index in [-0.39, 0.29) is 24.3 Å². The van der Waals surface area contributed by atoms with Crippen molar-refractivity contribution in [3.8, 4) is 11.4 Å². The molecule has 0 bridgehead atoms. The Morgan fingerprint density at radius 1 is 1.00 bits per heavy atom. The van der Waals surface area contributed by atoms with Gasteiger partial charge in [0.25, 0.3) is 5.91 Å². The molecule has 0 unspecified atom stereocenters. The summed E-state index contributed by atoms with van der Waals surface area (Å²) in [6.45, 7) is 0.115. The Hall–Kier alpha value is -5.25. The predicted octanol–water partition coefficient (Wildman–Crippen LogP) is 6.57. The maximum atomic E-state index is 14.0. The van der Waals surface area contributed by atoms with Gasteiger partial charge in [0.05, 0.1) is 24.0 Å². The standard InChI is InChI=1S/C38H39N5O5/c1-48-32(45)18-13-24-11-15-27(16-12-24)40-37(47)38(19-5-6-20-38)42-36(46)26-14-17-28-30(22-26)43-23-31(44)41-29-10-7-21-39-34(29)35(43)33(28)25-8-3-2-4-9-25/h7,10-18,21-22,25H,2-6,8-9,19-20,23H2,1H3,(H,40,47)(H,41,44)(H,42,46). The van der Waals surface area contributed by atoms with Gasteiger partial charge < -0.3 is 25.3 Å². The lowest BCUT2D eigenvalue weighted by atomic mass is 9.82. The summed E-state index contributed by atoms with van der Waals surface area (Å²) in [6.07, 6.45) is 13.1. The van der Waals surface area contributed by atoms with Gasteiger partial charge in [-0.05, 0) is 85.2 Å². The average Bonchev–Trinajstić information content (AvgIpc) is 3.67. The van der Waals surface area contributed by atoms with Crippen LogP contribution in [-0.2, 0) is 25.7 Å². The number of benzene rings is 2. The second-order valence-corrected chi connectivity index (χ2v) is 13.0. The molecule has 1 aliphatic heterocycles. The number of aromatic nitrogens is 2. The predicted molar refractivity (Wildman–Crippen MR) is 184 cm³/mol. The van der Waals surface area contributed by atoms with E-state index < -0.39 is 11.5 Å². The Bertz CT molecular complexity index is 1930. The van der Waals surface area contributed by atoms with Crippen LogP contribution in [0.4, 0.5) is 11.4 Å². The lowest BCUT2D eigenvalue weighted by molar-refractivity contribution is -0.134. The molecule has 10 nitrogen and oxygen atoms in total. The number of amides is 3. The maximum Gasteiger partial charge on any atom is 0.330 e. The monoisotopic (exact) mass is 645 g/mol. The molecule has 48 heavy (non-hydrogen) atoms. The van der Waals surface area contributed by atoms with Crippen LogP contribution in [0.3, 0.4) is 0 Å². The number of methoxy groups -OCH3 is 1. The lowest BCUT2D eigenvalue weighted by Crippen LogP contribution is -2.55.